The normalized spacial score (nSPS) is 11.0. The lowest BCUT2D eigenvalue weighted by atomic mass is 10.2. The third kappa shape index (κ3) is 5.00. The fourth-order valence-electron chi connectivity index (χ4n) is 2.83. The van der Waals surface area contributed by atoms with E-state index in [-0.39, 0.29) is 5.91 Å². The zero-order chi connectivity index (χ0) is 20.1. The van der Waals surface area contributed by atoms with Crippen LogP contribution in [0.4, 0.5) is 0 Å². The molecule has 0 radical (unpaired) electrons. The molecule has 2 aromatic carbocycles. The van der Waals surface area contributed by atoms with Gasteiger partial charge < -0.3 is 14.2 Å². The summed E-state index contributed by atoms with van der Waals surface area (Å²) in [4.78, 5) is 21.6. The van der Waals surface area contributed by atoms with Crippen molar-refractivity contribution in [2.45, 2.75) is 13.5 Å². The zero-order valence-corrected chi connectivity index (χ0v) is 17.1. The first-order chi connectivity index (χ1) is 13.4. The van der Waals surface area contributed by atoms with Crippen molar-refractivity contribution >= 4 is 17.5 Å². The van der Waals surface area contributed by atoms with Crippen LogP contribution in [0.2, 0.25) is 5.02 Å². The van der Waals surface area contributed by atoms with Crippen molar-refractivity contribution in [3.8, 4) is 11.5 Å². The molecule has 6 heteroatoms. The van der Waals surface area contributed by atoms with Crippen molar-refractivity contribution in [1.82, 2.24) is 14.8 Å². The maximum Gasteiger partial charge on any atom is 0.276 e. The molecule has 0 N–H and O–H groups in total. The van der Waals surface area contributed by atoms with E-state index in [9.17, 15) is 4.79 Å². The highest BCUT2D eigenvalue weighted by molar-refractivity contribution is 6.30. The summed E-state index contributed by atoms with van der Waals surface area (Å²) in [5.74, 6) is 0.843. The van der Waals surface area contributed by atoms with E-state index >= 15 is 0 Å². The van der Waals surface area contributed by atoms with Crippen molar-refractivity contribution < 1.29 is 9.21 Å². The highest BCUT2D eigenvalue weighted by Gasteiger charge is 2.23. The molecule has 0 aliphatic carbocycles. The number of oxazole rings is 1. The summed E-state index contributed by atoms with van der Waals surface area (Å²) >= 11 is 5.98. The molecule has 3 rings (SSSR count). The molecular formula is C22H24ClN3O2. The van der Waals surface area contributed by atoms with Gasteiger partial charge >= 0.3 is 0 Å². The lowest BCUT2D eigenvalue weighted by Crippen LogP contribution is -2.36. The molecule has 0 saturated carbocycles. The van der Waals surface area contributed by atoms with Gasteiger partial charge in [0.05, 0.1) is 0 Å². The average Bonchev–Trinajstić information content (AvgIpc) is 3.08. The van der Waals surface area contributed by atoms with E-state index < -0.39 is 0 Å². The molecule has 0 spiro atoms. The summed E-state index contributed by atoms with van der Waals surface area (Å²) in [5, 5.41) is 0.676. The maximum absolute atomic E-state index is 13.3. The topological polar surface area (TPSA) is 49.6 Å². The monoisotopic (exact) mass is 397 g/mol. The highest BCUT2D eigenvalue weighted by Crippen LogP contribution is 2.23. The van der Waals surface area contributed by atoms with Gasteiger partial charge in [0.2, 0.25) is 5.89 Å². The summed E-state index contributed by atoms with van der Waals surface area (Å²) in [6.45, 7) is 3.60. The Kier molecular flexibility index (Phi) is 6.49. The smallest absolute Gasteiger partial charge is 0.276 e. The Bertz CT molecular complexity index is 921. The second-order valence-electron chi connectivity index (χ2n) is 6.95. The van der Waals surface area contributed by atoms with Crippen LogP contribution in [0.1, 0.15) is 21.8 Å². The zero-order valence-electron chi connectivity index (χ0n) is 16.4. The number of carbonyl (C=O) groups is 1. The first kappa shape index (κ1) is 20.1. The number of aromatic nitrogens is 1. The van der Waals surface area contributed by atoms with Crippen molar-refractivity contribution in [2.75, 3.05) is 27.2 Å². The largest absolute Gasteiger partial charge is 0.441 e. The Morgan fingerprint density at radius 2 is 1.71 bits per heavy atom. The molecular weight excluding hydrogens is 374 g/mol. The van der Waals surface area contributed by atoms with Gasteiger partial charge in [-0.2, -0.15) is 0 Å². The van der Waals surface area contributed by atoms with Gasteiger partial charge in [-0.1, -0.05) is 41.9 Å². The lowest BCUT2D eigenvalue weighted by molar-refractivity contribution is 0.0725. The van der Waals surface area contributed by atoms with Crippen molar-refractivity contribution in [3.63, 3.8) is 0 Å². The van der Waals surface area contributed by atoms with E-state index in [1.165, 1.54) is 0 Å². The quantitative estimate of drug-likeness (QED) is 0.588. The van der Waals surface area contributed by atoms with Gasteiger partial charge in [-0.3, -0.25) is 4.79 Å². The standard InChI is InChI=1S/C22H24ClN3O2/c1-16-20(24-21(28-16)18-7-5-4-6-8-18)22(27)26(14-13-25(2)3)15-17-9-11-19(23)12-10-17/h4-12H,13-15H2,1-3H3. The van der Waals surface area contributed by atoms with Crippen molar-refractivity contribution in [1.29, 1.82) is 0 Å². The van der Waals surface area contributed by atoms with E-state index in [0.29, 0.717) is 35.5 Å². The number of amides is 1. The molecule has 3 aromatic rings. The van der Waals surface area contributed by atoms with Crippen LogP contribution in [0.3, 0.4) is 0 Å². The average molecular weight is 398 g/mol. The molecule has 0 unspecified atom stereocenters. The Morgan fingerprint density at radius 1 is 1.04 bits per heavy atom. The first-order valence-electron chi connectivity index (χ1n) is 9.15. The van der Waals surface area contributed by atoms with E-state index in [4.69, 9.17) is 16.0 Å². The Labute approximate surface area is 170 Å². The molecule has 1 heterocycles. The second kappa shape index (κ2) is 9.04. The summed E-state index contributed by atoms with van der Waals surface area (Å²) in [7, 11) is 3.97. The summed E-state index contributed by atoms with van der Waals surface area (Å²) in [6, 6.07) is 17.1. The Morgan fingerprint density at radius 3 is 2.36 bits per heavy atom. The van der Waals surface area contributed by atoms with Crippen LogP contribution in [-0.2, 0) is 6.54 Å². The number of rotatable bonds is 7. The first-order valence-corrected chi connectivity index (χ1v) is 9.53. The molecule has 28 heavy (non-hydrogen) atoms. The fourth-order valence-corrected chi connectivity index (χ4v) is 2.96. The number of aryl methyl sites for hydroxylation is 1. The van der Waals surface area contributed by atoms with Gasteiger partial charge in [0, 0.05) is 30.2 Å². The van der Waals surface area contributed by atoms with Crippen LogP contribution in [0.15, 0.2) is 59.0 Å². The summed E-state index contributed by atoms with van der Waals surface area (Å²) in [5.41, 5.74) is 2.22. The highest BCUT2D eigenvalue weighted by atomic mass is 35.5. The van der Waals surface area contributed by atoms with Gasteiger partial charge in [-0.05, 0) is 50.8 Å². The van der Waals surface area contributed by atoms with E-state index in [1.807, 2.05) is 73.6 Å². The summed E-state index contributed by atoms with van der Waals surface area (Å²) < 4.78 is 5.78. The van der Waals surface area contributed by atoms with Crippen molar-refractivity contribution in [3.05, 3.63) is 76.6 Å². The van der Waals surface area contributed by atoms with Crippen LogP contribution >= 0.6 is 11.6 Å². The number of nitrogens with zero attached hydrogens (tertiary/aromatic N) is 3. The molecule has 1 aromatic heterocycles. The molecule has 1 amide bonds. The second-order valence-corrected chi connectivity index (χ2v) is 7.38. The molecule has 0 atom stereocenters. The number of hydrogen-bond acceptors (Lipinski definition) is 4. The molecule has 0 saturated heterocycles. The van der Waals surface area contributed by atoms with Crippen LogP contribution in [-0.4, -0.2) is 47.9 Å². The molecule has 0 bridgehead atoms. The van der Waals surface area contributed by atoms with Gasteiger partial charge in [0.15, 0.2) is 5.69 Å². The van der Waals surface area contributed by atoms with Crippen LogP contribution < -0.4 is 0 Å². The molecule has 5 nitrogen and oxygen atoms in total. The van der Waals surface area contributed by atoms with Crippen LogP contribution in [0.25, 0.3) is 11.5 Å². The molecule has 146 valence electrons. The minimum Gasteiger partial charge on any atom is -0.441 e. The minimum atomic E-state index is -0.139. The van der Waals surface area contributed by atoms with Crippen LogP contribution in [0.5, 0.6) is 0 Å². The van der Waals surface area contributed by atoms with Gasteiger partial charge in [-0.15, -0.1) is 0 Å². The van der Waals surface area contributed by atoms with E-state index in [1.54, 1.807) is 11.8 Å². The third-order valence-electron chi connectivity index (χ3n) is 4.41. The van der Waals surface area contributed by atoms with E-state index in [2.05, 4.69) is 4.98 Å². The molecule has 0 aliphatic heterocycles. The number of benzene rings is 2. The Balaban J connectivity index is 1.85. The lowest BCUT2D eigenvalue weighted by Gasteiger charge is -2.24. The minimum absolute atomic E-state index is 0.139. The number of halogens is 1. The summed E-state index contributed by atoms with van der Waals surface area (Å²) in [6.07, 6.45) is 0. The predicted octanol–water partition coefficient (Wildman–Crippen LogP) is 4.51. The van der Waals surface area contributed by atoms with Gasteiger partial charge in [-0.25, -0.2) is 4.98 Å². The van der Waals surface area contributed by atoms with Crippen molar-refractivity contribution in [2.24, 2.45) is 0 Å². The Hall–Kier alpha value is -2.63. The number of carbonyl (C=O) groups excluding carboxylic acids is 1. The number of hydrogen-bond donors (Lipinski definition) is 0. The van der Waals surface area contributed by atoms with Crippen LogP contribution in [0, 0.1) is 6.92 Å². The fraction of sp³-hybridized carbons (Fsp3) is 0.273. The third-order valence-corrected chi connectivity index (χ3v) is 4.66. The van der Waals surface area contributed by atoms with Gasteiger partial charge in [0.1, 0.15) is 5.76 Å². The predicted molar refractivity (Wildman–Crippen MR) is 111 cm³/mol. The molecule has 0 aliphatic rings. The number of likely N-dealkylation sites (N-methyl/N-ethyl adjacent to an activating group) is 1. The SMILES string of the molecule is Cc1oc(-c2ccccc2)nc1C(=O)N(CCN(C)C)Cc1ccc(Cl)cc1. The maximum atomic E-state index is 13.3. The van der Waals surface area contributed by atoms with Gasteiger partial charge in [0.25, 0.3) is 5.91 Å². The molecule has 0 fully saturated rings. The van der Waals surface area contributed by atoms with E-state index in [0.717, 1.165) is 17.7 Å².